The van der Waals surface area contributed by atoms with E-state index in [4.69, 9.17) is 10.8 Å². The summed E-state index contributed by atoms with van der Waals surface area (Å²) in [7, 11) is 0. The molecule has 0 rings (SSSR count). The molecule has 2 amide bonds. The Balaban J connectivity index is 4.34. The number of nitrogens with one attached hydrogen (secondary N) is 1. The molecule has 2 atom stereocenters. The molecule has 6 nitrogen and oxygen atoms in total. The third-order valence-corrected chi connectivity index (χ3v) is 2.19. The Morgan fingerprint density at radius 3 is 2.31 bits per heavy atom. The van der Waals surface area contributed by atoms with Crippen LogP contribution >= 0.6 is 0 Å². The summed E-state index contributed by atoms with van der Waals surface area (Å²) in [6.45, 7) is 3.64. The molecule has 0 saturated heterocycles. The molecule has 0 saturated carbocycles. The smallest absolute Gasteiger partial charge is 0.326 e. The molecular weight excluding hydrogens is 212 g/mol. The lowest BCUT2D eigenvalue weighted by molar-refractivity contribution is -0.143. The van der Waals surface area contributed by atoms with Crippen molar-refractivity contribution in [3.63, 3.8) is 0 Å². The van der Waals surface area contributed by atoms with E-state index in [0.717, 1.165) is 6.42 Å². The summed E-state index contributed by atoms with van der Waals surface area (Å²) in [6, 6.07) is -1.23. The molecule has 0 radical (unpaired) electrons. The normalized spacial score (nSPS) is 13.9. The fourth-order valence-corrected chi connectivity index (χ4v) is 1.28. The molecule has 0 aliphatic heterocycles. The van der Waals surface area contributed by atoms with Crippen molar-refractivity contribution in [2.75, 3.05) is 0 Å². The monoisotopic (exact) mass is 230 g/mol. The highest BCUT2D eigenvalue weighted by molar-refractivity contribution is 5.88. The molecule has 0 aromatic carbocycles. The number of carbonyl (C=O) groups is 3. The number of hydrogen-bond donors (Lipinski definition) is 3. The highest BCUT2D eigenvalue weighted by Crippen LogP contribution is 2.05. The average Bonchev–Trinajstić information content (AvgIpc) is 2.16. The van der Waals surface area contributed by atoms with Crippen molar-refractivity contribution in [2.45, 2.75) is 39.2 Å². The first kappa shape index (κ1) is 14.4. The van der Waals surface area contributed by atoms with Crippen molar-refractivity contribution in [1.29, 1.82) is 0 Å². The molecule has 92 valence electrons. The van der Waals surface area contributed by atoms with Crippen LogP contribution in [-0.4, -0.2) is 28.9 Å². The number of carboxylic acids is 1. The van der Waals surface area contributed by atoms with Crippen molar-refractivity contribution in [3.05, 3.63) is 0 Å². The van der Waals surface area contributed by atoms with E-state index in [-0.39, 0.29) is 18.2 Å². The lowest BCUT2D eigenvalue weighted by Crippen LogP contribution is -2.45. The number of primary amides is 1. The van der Waals surface area contributed by atoms with Gasteiger partial charge in [-0.3, -0.25) is 9.59 Å². The van der Waals surface area contributed by atoms with Gasteiger partial charge in [-0.15, -0.1) is 0 Å². The number of carboxylic acid groups (broad SMARTS) is 1. The van der Waals surface area contributed by atoms with Gasteiger partial charge < -0.3 is 16.2 Å². The van der Waals surface area contributed by atoms with Gasteiger partial charge >= 0.3 is 5.97 Å². The molecular formula is C10H18N2O4. The number of carbonyl (C=O) groups excluding carboxylic acids is 2. The molecule has 0 aromatic heterocycles. The van der Waals surface area contributed by atoms with Gasteiger partial charge in [0.15, 0.2) is 0 Å². The van der Waals surface area contributed by atoms with Crippen LogP contribution in [0.25, 0.3) is 0 Å². The topological polar surface area (TPSA) is 109 Å². The predicted molar refractivity (Wildman–Crippen MR) is 57.4 cm³/mol. The summed E-state index contributed by atoms with van der Waals surface area (Å²) in [5.41, 5.74) is 4.89. The van der Waals surface area contributed by atoms with Crippen molar-refractivity contribution < 1.29 is 19.5 Å². The minimum absolute atomic E-state index is 0.264. The van der Waals surface area contributed by atoms with Crippen LogP contribution in [0.15, 0.2) is 0 Å². The van der Waals surface area contributed by atoms with E-state index in [1.165, 1.54) is 0 Å². The number of amides is 2. The lowest BCUT2D eigenvalue weighted by Gasteiger charge is -2.16. The Bertz CT molecular complexity index is 278. The Morgan fingerprint density at radius 1 is 1.38 bits per heavy atom. The van der Waals surface area contributed by atoms with Gasteiger partial charge in [-0.2, -0.15) is 0 Å². The number of rotatable bonds is 7. The third-order valence-electron chi connectivity index (χ3n) is 2.19. The number of hydrogen-bond acceptors (Lipinski definition) is 3. The predicted octanol–water partition coefficient (Wildman–Crippen LogP) is -0.133. The van der Waals surface area contributed by atoms with Crippen LogP contribution in [0.3, 0.4) is 0 Å². The summed E-state index contributed by atoms with van der Waals surface area (Å²) < 4.78 is 0. The van der Waals surface area contributed by atoms with E-state index in [1.54, 1.807) is 6.92 Å². The molecule has 4 N–H and O–H groups in total. The molecule has 0 aliphatic rings. The summed E-state index contributed by atoms with van der Waals surface area (Å²) in [5, 5.41) is 11.1. The maximum Gasteiger partial charge on any atom is 0.326 e. The fourth-order valence-electron chi connectivity index (χ4n) is 1.28. The van der Waals surface area contributed by atoms with E-state index in [9.17, 15) is 14.4 Å². The van der Waals surface area contributed by atoms with Gasteiger partial charge in [0.25, 0.3) is 0 Å². The molecule has 0 aromatic rings. The van der Waals surface area contributed by atoms with Crippen LogP contribution in [-0.2, 0) is 14.4 Å². The Hall–Kier alpha value is -1.59. The van der Waals surface area contributed by atoms with Crippen LogP contribution < -0.4 is 11.1 Å². The second-order valence-corrected chi connectivity index (χ2v) is 3.76. The van der Waals surface area contributed by atoms with E-state index >= 15 is 0 Å². The van der Waals surface area contributed by atoms with E-state index < -0.39 is 17.9 Å². The molecule has 0 bridgehead atoms. The maximum atomic E-state index is 11.5. The number of nitrogens with two attached hydrogens (primary N) is 1. The van der Waals surface area contributed by atoms with Crippen molar-refractivity contribution in [1.82, 2.24) is 5.32 Å². The minimum atomic E-state index is -1.25. The standard InChI is InChI=1S/C10H18N2O4/c1-3-4-6(2)9(14)12-7(10(15)16)5-8(11)13/h6-7H,3-5H2,1-2H3,(H2,11,13)(H,12,14)(H,15,16). The zero-order chi connectivity index (χ0) is 12.7. The lowest BCUT2D eigenvalue weighted by atomic mass is 10.0. The van der Waals surface area contributed by atoms with Gasteiger partial charge in [-0.25, -0.2) is 4.79 Å². The third kappa shape index (κ3) is 5.33. The molecule has 6 heteroatoms. The van der Waals surface area contributed by atoms with Crippen LogP contribution in [0.4, 0.5) is 0 Å². The maximum absolute atomic E-state index is 11.5. The average molecular weight is 230 g/mol. The van der Waals surface area contributed by atoms with Crippen LogP contribution in [0.1, 0.15) is 33.1 Å². The van der Waals surface area contributed by atoms with Crippen molar-refractivity contribution >= 4 is 17.8 Å². The van der Waals surface area contributed by atoms with Gasteiger partial charge in [-0.05, 0) is 6.42 Å². The Morgan fingerprint density at radius 2 is 1.94 bits per heavy atom. The van der Waals surface area contributed by atoms with Gasteiger partial charge in [0.05, 0.1) is 6.42 Å². The summed E-state index contributed by atoms with van der Waals surface area (Å²) >= 11 is 0. The first-order chi connectivity index (χ1) is 7.38. The molecule has 0 aliphatic carbocycles. The largest absolute Gasteiger partial charge is 0.480 e. The summed E-state index contributed by atoms with van der Waals surface area (Å²) in [6.07, 6.45) is 1.12. The van der Waals surface area contributed by atoms with Gasteiger partial charge in [0.2, 0.25) is 11.8 Å². The highest BCUT2D eigenvalue weighted by atomic mass is 16.4. The van der Waals surface area contributed by atoms with Gasteiger partial charge in [0, 0.05) is 5.92 Å². The van der Waals surface area contributed by atoms with E-state index in [1.807, 2.05) is 6.92 Å². The molecule has 0 fully saturated rings. The number of aliphatic carboxylic acids is 1. The second-order valence-electron chi connectivity index (χ2n) is 3.76. The van der Waals surface area contributed by atoms with Crippen LogP contribution in [0.5, 0.6) is 0 Å². The minimum Gasteiger partial charge on any atom is -0.480 e. The Labute approximate surface area is 94.2 Å². The Kier molecular flexibility index (Phi) is 6.14. The van der Waals surface area contributed by atoms with Gasteiger partial charge in [-0.1, -0.05) is 20.3 Å². The van der Waals surface area contributed by atoms with Gasteiger partial charge in [0.1, 0.15) is 6.04 Å². The molecule has 2 unspecified atom stereocenters. The second kappa shape index (κ2) is 6.81. The summed E-state index contributed by atoms with van der Waals surface area (Å²) in [5.74, 6) is -2.64. The van der Waals surface area contributed by atoms with Crippen LogP contribution in [0.2, 0.25) is 0 Å². The van der Waals surface area contributed by atoms with Crippen LogP contribution in [0, 0.1) is 5.92 Å². The van der Waals surface area contributed by atoms with Crippen molar-refractivity contribution in [2.24, 2.45) is 11.7 Å². The first-order valence-electron chi connectivity index (χ1n) is 5.20. The molecule has 0 spiro atoms. The first-order valence-corrected chi connectivity index (χ1v) is 5.20. The molecule has 0 heterocycles. The highest BCUT2D eigenvalue weighted by Gasteiger charge is 2.24. The van der Waals surface area contributed by atoms with E-state index in [2.05, 4.69) is 5.32 Å². The fraction of sp³-hybridized carbons (Fsp3) is 0.700. The molecule has 16 heavy (non-hydrogen) atoms. The quantitative estimate of drug-likeness (QED) is 0.565. The van der Waals surface area contributed by atoms with E-state index in [0.29, 0.717) is 6.42 Å². The van der Waals surface area contributed by atoms with Crippen molar-refractivity contribution in [3.8, 4) is 0 Å². The summed E-state index contributed by atoms with van der Waals surface area (Å²) in [4.78, 5) is 32.8. The zero-order valence-corrected chi connectivity index (χ0v) is 9.53. The SMILES string of the molecule is CCCC(C)C(=O)NC(CC(N)=O)C(=O)O. The zero-order valence-electron chi connectivity index (χ0n) is 9.53.